The molecule has 0 saturated carbocycles. The lowest BCUT2D eigenvalue weighted by Gasteiger charge is -2.33. The summed E-state index contributed by atoms with van der Waals surface area (Å²) in [5.74, 6) is -1.37. The van der Waals surface area contributed by atoms with E-state index in [1.807, 2.05) is 5.32 Å². The summed E-state index contributed by atoms with van der Waals surface area (Å²) in [6.45, 7) is 3.53. The fraction of sp³-hybridized carbons (Fsp3) is 0.625. The van der Waals surface area contributed by atoms with Crippen LogP contribution < -0.4 is 10.6 Å². The SMILES string of the molecule is CCC1(CC)NC(=O)NC(=O)C1=O. The zero-order valence-electron chi connectivity index (χ0n) is 7.64. The van der Waals surface area contributed by atoms with Crippen molar-refractivity contribution in [2.24, 2.45) is 0 Å². The molecular weight excluding hydrogens is 172 g/mol. The standard InChI is InChI=1S/C8H12N2O3/c1-3-8(4-2)5(11)6(12)9-7(13)10-8/h3-4H2,1-2H3,(H2,9,10,12,13). The van der Waals surface area contributed by atoms with Crippen molar-refractivity contribution in [1.29, 1.82) is 0 Å². The Kier molecular flexibility index (Phi) is 2.36. The van der Waals surface area contributed by atoms with E-state index in [0.29, 0.717) is 12.8 Å². The lowest BCUT2D eigenvalue weighted by Crippen LogP contribution is -2.66. The summed E-state index contributed by atoms with van der Waals surface area (Å²) in [6.07, 6.45) is 0.864. The van der Waals surface area contributed by atoms with Crippen LogP contribution in [0.15, 0.2) is 0 Å². The molecule has 13 heavy (non-hydrogen) atoms. The van der Waals surface area contributed by atoms with Gasteiger partial charge < -0.3 is 5.32 Å². The smallest absolute Gasteiger partial charge is 0.322 e. The molecule has 72 valence electrons. The third-order valence-corrected chi connectivity index (χ3v) is 2.43. The zero-order chi connectivity index (χ0) is 10.1. The Balaban J connectivity index is 3.00. The molecule has 5 heteroatoms. The number of urea groups is 1. The van der Waals surface area contributed by atoms with E-state index >= 15 is 0 Å². The monoisotopic (exact) mass is 184 g/mol. The number of ketones is 1. The van der Waals surface area contributed by atoms with Crippen LogP contribution in [0.1, 0.15) is 26.7 Å². The molecule has 0 unspecified atom stereocenters. The van der Waals surface area contributed by atoms with Gasteiger partial charge in [0.1, 0.15) is 5.54 Å². The molecule has 1 rings (SSSR count). The van der Waals surface area contributed by atoms with Gasteiger partial charge >= 0.3 is 6.03 Å². The Bertz CT molecular complexity index is 269. The van der Waals surface area contributed by atoms with E-state index < -0.39 is 23.3 Å². The topological polar surface area (TPSA) is 75.3 Å². The number of hydrogen-bond acceptors (Lipinski definition) is 3. The summed E-state index contributed by atoms with van der Waals surface area (Å²) in [5, 5.41) is 4.40. The lowest BCUT2D eigenvalue weighted by molar-refractivity contribution is -0.142. The van der Waals surface area contributed by atoms with Crippen LogP contribution in [-0.2, 0) is 9.59 Å². The van der Waals surface area contributed by atoms with Crippen LogP contribution in [0.25, 0.3) is 0 Å². The third kappa shape index (κ3) is 1.41. The summed E-state index contributed by atoms with van der Waals surface area (Å²) in [5.41, 5.74) is -0.987. The van der Waals surface area contributed by atoms with Gasteiger partial charge in [0.15, 0.2) is 0 Å². The Morgan fingerprint density at radius 3 is 2.15 bits per heavy atom. The first-order valence-corrected chi connectivity index (χ1v) is 4.23. The van der Waals surface area contributed by atoms with Crippen LogP contribution in [0.4, 0.5) is 4.79 Å². The molecule has 2 N–H and O–H groups in total. The fourth-order valence-electron chi connectivity index (χ4n) is 1.43. The maximum absolute atomic E-state index is 11.4. The first-order chi connectivity index (χ1) is 6.05. The molecule has 0 aromatic carbocycles. The van der Waals surface area contributed by atoms with Crippen LogP contribution in [0, 0.1) is 0 Å². The van der Waals surface area contributed by atoms with Gasteiger partial charge in [0.05, 0.1) is 0 Å². The molecule has 0 atom stereocenters. The number of nitrogens with one attached hydrogen (secondary N) is 2. The molecule has 1 fully saturated rings. The van der Waals surface area contributed by atoms with Crippen LogP contribution in [0.5, 0.6) is 0 Å². The van der Waals surface area contributed by atoms with Gasteiger partial charge in [0.2, 0.25) is 5.78 Å². The van der Waals surface area contributed by atoms with Crippen molar-refractivity contribution in [3.8, 4) is 0 Å². The fourth-order valence-corrected chi connectivity index (χ4v) is 1.43. The van der Waals surface area contributed by atoms with Crippen molar-refractivity contribution in [1.82, 2.24) is 10.6 Å². The maximum Gasteiger partial charge on any atom is 0.322 e. The Hall–Kier alpha value is -1.39. The molecular formula is C8H12N2O3. The Morgan fingerprint density at radius 2 is 1.69 bits per heavy atom. The van der Waals surface area contributed by atoms with Crippen molar-refractivity contribution >= 4 is 17.7 Å². The predicted molar refractivity (Wildman–Crippen MR) is 45.0 cm³/mol. The normalized spacial score (nSPS) is 20.9. The number of Topliss-reactive ketones (excluding diaryl/α,β-unsaturated/α-hetero) is 1. The number of carbonyl (C=O) groups excluding carboxylic acids is 3. The predicted octanol–water partition coefficient (Wildman–Crippen LogP) is -0.0463. The van der Waals surface area contributed by atoms with E-state index in [0.717, 1.165) is 0 Å². The molecule has 0 spiro atoms. The lowest BCUT2D eigenvalue weighted by atomic mass is 9.86. The average molecular weight is 184 g/mol. The van der Waals surface area contributed by atoms with E-state index in [-0.39, 0.29) is 0 Å². The van der Waals surface area contributed by atoms with Crippen LogP contribution in [-0.4, -0.2) is 23.3 Å². The minimum Gasteiger partial charge on any atom is -0.325 e. The summed E-state index contributed by atoms with van der Waals surface area (Å²) in [7, 11) is 0. The highest BCUT2D eigenvalue weighted by molar-refractivity contribution is 6.43. The summed E-state index contributed by atoms with van der Waals surface area (Å²) < 4.78 is 0. The second-order valence-electron chi connectivity index (χ2n) is 3.03. The Morgan fingerprint density at radius 1 is 1.15 bits per heavy atom. The molecule has 0 bridgehead atoms. The van der Waals surface area contributed by atoms with Crippen molar-refractivity contribution in [2.75, 3.05) is 0 Å². The highest BCUT2D eigenvalue weighted by atomic mass is 16.2. The van der Waals surface area contributed by atoms with Gasteiger partial charge in [-0.15, -0.1) is 0 Å². The molecule has 1 aliphatic heterocycles. The van der Waals surface area contributed by atoms with Gasteiger partial charge in [-0.05, 0) is 12.8 Å². The van der Waals surface area contributed by atoms with Crippen molar-refractivity contribution in [3.05, 3.63) is 0 Å². The van der Waals surface area contributed by atoms with E-state index in [9.17, 15) is 14.4 Å². The highest BCUT2D eigenvalue weighted by Crippen LogP contribution is 2.18. The van der Waals surface area contributed by atoms with E-state index in [2.05, 4.69) is 5.32 Å². The van der Waals surface area contributed by atoms with Crippen molar-refractivity contribution in [2.45, 2.75) is 32.2 Å². The van der Waals surface area contributed by atoms with Gasteiger partial charge in [-0.1, -0.05) is 13.8 Å². The molecule has 0 radical (unpaired) electrons. The maximum atomic E-state index is 11.4. The summed E-state index contributed by atoms with van der Waals surface area (Å²) in [6, 6.07) is -0.590. The first kappa shape index (κ1) is 9.70. The molecule has 0 aromatic heterocycles. The molecule has 1 saturated heterocycles. The average Bonchev–Trinajstić information content (AvgIpc) is 2.11. The molecule has 1 aliphatic rings. The number of imide groups is 1. The van der Waals surface area contributed by atoms with Gasteiger partial charge in [0.25, 0.3) is 5.91 Å². The molecule has 0 aliphatic carbocycles. The molecule has 5 nitrogen and oxygen atoms in total. The number of rotatable bonds is 2. The quantitative estimate of drug-likeness (QED) is 0.591. The number of amides is 3. The Labute approximate surface area is 75.9 Å². The zero-order valence-corrected chi connectivity index (χ0v) is 7.64. The number of hydrogen-bond donors (Lipinski definition) is 2. The van der Waals surface area contributed by atoms with Crippen LogP contribution in [0.3, 0.4) is 0 Å². The number of carbonyl (C=O) groups is 3. The minimum atomic E-state index is -0.987. The van der Waals surface area contributed by atoms with Crippen molar-refractivity contribution < 1.29 is 14.4 Å². The second-order valence-corrected chi connectivity index (χ2v) is 3.03. The molecule has 3 amide bonds. The van der Waals surface area contributed by atoms with E-state index in [4.69, 9.17) is 0 Å². The van der Waals surface area contributed by atoms with E-state index in [1.54, 1.807) is 13.8 Å². The largest absolute Gasteiger partial charge is 0.325 e. The minimum absolute atomic E-state index is 0.432. The highest BCUT2D eigenvalue weighted by Gasteiger charge is 2.44. The molecule has 0 aromatic rings. The van der Waals surface area contributed by atoms with E-state index in [1.165, 1.54) is 0 Å². The molecule has 1 heterocycles. The van der Waals surface area contributed by atoms with Gasteiger partial charge in [-0.2, -0.15) is 0 Å². The third-order valence-electron chi connectivity index (χ3n) is 2.43. The van der Waals surface area contributed by atoms with Gasteiger partial charge in [0, 0.05) is 0 Å². The van der Waals surface area contributed by atoms with Crippen molar-refractivity contribution in [3.63, 3.8) is 0 Å². The van der Waals surface area contributed by atoms with Crippen LogP contribution >= 0.6 is 0 Å². The first-order valence-electron chi connectivity index (χ1n) is 4.23. The van der Waals surface area contributed by atoms with Gasteiger partial charge in [-0.25, -0.2) is 4.79 Å². The second kappa shape index (κ2) is 3.16. The summed E-state index contributed by atoms with van der Waals surface area (Å²) >= 11 is 0. The van der Waals surface area contributed by atoms with Crippen LogP contribution in [0.2, 0.25) is 0 Å². The summed E-state index contributed by atoms with van der Waals surface area (Å²) in [4.78, 5) is 33.4. The van der Waals surface area contributed by atoms with Gasteiger partial charge in [-0.3, -0.25) is 14.9 Å².